The van der Waals surface area contributed by atoms with Crippen molar-refractivity contribution in [1.82, 2.24) is 20.3 Å². The predicted octanol–water partition coefficient (Wildman–Crippen LogP) is 0.500. The highest BCUT2D eigenvalue weighted by atomic mass is 127. The van der Waals surface area contributed by atoms with Gasteiger partial charge in [-0.05, 0) is 33.6 Å². The number of likely N-dealkylation sites (tertiary alicyclic amines) is 1. The number of guanidine groups is 1. The van der Waals surface area contributed by atoms with Crippen LogP contribution in [-0.2, 0) is 14.8 Å². The third-order valence-electron chi connectivity index (χ3n) is 3.51. The van der Waals surface area contributed by atoms with Crippen molar-refractivity contribution < 1.29 is 13.2 Å². The van der Waals surface area contributed by atoms with E-state index in [4.69, 9.17) is 0 Å². The van der Waals surface area contributed by atoms with Gasteiger partial charge in [0.25, 0.3) is 0 Å². The molecule has 10 heteroatoms. The van der Waals surface area contributed by atoms with Gasteiger partial charge in [0.2, 0.25) is 15.9 Å². The van der Waals surface area contributed by atoms with Gasteiger partial charge in [-0.25, -0.2) is 13.1 Å². The summed E-state index contributed by atoms with van der Waals surface area (Å²) in [4.78, 5) is 17.9. The lowest BCUT2D eigenvalue weighted by Crippen LogP contribution is -2.47. The number of amides is 1. The number of hydrogen-bond donors (Lipinski definition) is 3. The van der Waals surface area contributed by atoms with Crippen LogP contribution in [0.15, 0.2) is 4.99 Å². The summed E-state index contributed by atoms with van der Waals surface area (Å²) in [6, 6.07) is 0. The average Bonchev–Trinajstić information content (AvgIpc) is 2.83. The number of rotatable bonds is 9. The molecule has 0 aromatic carbocycles. The number of sulfonamides is 1. The molecule has 1 aliphatic rings. The number of halogens is 1. The second-order valence-corrected chi connectivity index (χ2v) is 8.47. The van der Waals surface area contributed by atoms with Gasteiger partial charge < -0.3 is 15.5 Å². The molecule has 0 spiro atoms. The predicted molar refractivity (Wildman–Crippen MR) is 112 cm³/mol. The Morgan fingerprint density at radius 2 is 2.00 bits per heavy atom. The zero-order valence-corrected chi connectivity index (χ0v) is 18.7. The summed E-state index contributed by atoms with van der Waals surface area (Å²) in [6.45, 7) is 8.91. The second-order valence-electron chi connectivity index (χ2n) is 6.72. The van der Waals surface area contributed by atoms with Crippen LogP contribution in [0.2, 0.25) is 0 Å². The minimum Gasteiger partial charge on any atom is -0.357 e. The molecule has 0 atom stereocenters. The standard InChI is InChI=1S/C15H31N5O3S.HI/c1-5-16-14(18-12-15(2,3)19-24(4,22)23)17-9-7-11-20-10-6-8-13(20)21;/h19H,5-12H2,1-4H3,(H2,16,17,18);1H. The molecule has 148 valence electrons. The van der Waals surface area contributed by atoms with Crippen LogP contribution in [-0.4, -0.2) is 69.7 Å². The molecular weight excluding hydrogens is 457 g/mol. The van der Waals surface area contributed by atoms with E-state index in [0.29, 0.717) is 25.5 Å². The highest BCUT2D eigenvalue weighted by Crippen LogP contribution is 2.09. The van der Waals surface area contributed by atoms with Crippen molar-refractivity contribution in [2.24, 2.45) is 4.99 Å². The molecule has 0 bridgehead atoms. The maximum absolute atomic E-state index is 11.5. The summed E-state index contributed by atoms with van der Waals surface area (Å²) >= 11 is 0. The average molecular weight is 489 g/mol. The third kappa shape index (κ3) is 10.9. The summed E-state index contributed by atoms with van der Waals surface area (Å²) in [6.07, 6.45) is 3.61. The summed E-state index contributed by atoms with van der Waals surface area (Å²) < 4.78 is 25.3. The van der Waals surface area contributed by atoms with Crippen molar-refractivity contribution in [3.63, 3.8) is 0 Å². The van der Waals surface area contributed by atoms with Gasteiger partial charge in [0.15, 0.2) is 5.96 Å². The monoisotopic (exact) mass is 489 g/mol. The summed E-state index contributed by atoms with van der Waals surface area (Å²) in [5.74, 6) is 0.887. The van der Waals surface area contributed by atoms with Gasteiger partial charge in [0.05, 0.1) is 12.8 Å². The number of carbonyl (C=O) groups excluding carboxylic acids is 1. The largest absolute Gasteiger partial charge is 0.357 e. The van der Waals surface area contributed by atoms with Crippen molar-refractivity contribution in [2.45, 2.75) is 45.6 Å². The van der Waals surface area contributed by atoms with E-state index in [0.717, 1.165) is 38.7 Å². The Balaban J connectivity index is 0.00000576. The summed E-state index contributed by atoms with van der Waals surface area (Å²) in [5, 5.41) is 6.35. The maximum atomic E-state index is 11.5. The quantitative estimate of drug-likeness (QED) is 0.190. The molecule has 8 nitrogen and oxygen atoms in total. The van der Waals surface area contributed by atoms with Crippen LogP contribution in [0.25, 0.3) is 0 Å². The number of hydrogen-bond acceptors (Lipinski definition) is 4. The van der Waals surface area contributed by atoms with Crippen molar-refractivity contribution in [3.8, 4) is 0 Å². The van der Waals surface area contributed by atoms with Gasteiger partial charge in [0.1, 0.15) is 0 Å². The Kier molecular flexibility index (Phi) is 10.9. The molecule has 1 heterocycles. The second kappa shape index (κ2) is 11.2. The Morgan fingerprint density at radius 1 is 1.32 bits per heavy atom. The number of nitrogens with zero attached hydrogens (tertiary/aromatic N) is 2. The molecule has 0 unspecified atom stereocenters. The van der Waals surface area contributed by atoms with Crippen molar-refractivity contribution in [2.75, 3.05) is 39.0 Å². The molecule has 0 radical (unpaired) electrons. The van der Waals surface area contributed by atoms with E-state index in [1.807, 2.05) is 11.8 Å². The van der Waals surface area contributed by atoms with Crippen LogP contribution in [0.3, 0.4) is 0 Å². The molecule has 0 saturated carbocycles. The molecule has 1 saturated heterocycles. The number of carbonyl (C=O) groups is 1. The van der Waals surface area contributed by atoms with Crippen molar-refractivity contribution >= 4 is 45.9 Å². The smallest absolute Gasteiger partial charge is 0.222 e. The molecule has 1 fully saturated rings. The van der Waals surface area contributed by atoms with E-state index in [9.17, 15) is 13.2 Å². The lowest BCUT2D eigenvalue weighted by atomic mass is 10.1. The number of nitrogens with one attached hydrogen (secondary N) is 3. The Hall–Kier alpha value is -0.620. The maximum Gasteiger partial charge on any atom is 0.222 e. The van der Waals surface area contributed by atoms with Gasteiger partial charge in [0, 0.05) is 38.1 Å². The van der Waals surface area contributed by atoms with Gasteiger partial charge in [-0.15, -0.1) is 24.0 Å². The van der Waals surface area contributed by atoms with Crippen LogP contribution in [0.5, 0.6) is 0 Å². The first-order valence-electron chi connectivity index (χ1n) is 8.42. The highest BCUT2D eigenvalue weighted by Gasteiger charge is 2.22. The third-order valence-corrected chi connectivity index (χ3v) is 4.43. The number of aliphatic imine (C=N–C) groups is 1. The molecule has 1 rings (SSSR count). The molecule has 0 aliphatic carbocycles. The fourth-order valence-electron chi connectivity index (χ4n) is 2.57. The van der Waals surface area contributed by atoms with Gasteiger partial charge in [-0.2, -0.15) is 0 Å². The van der Waals surface area contributed by atoms with E-state index in [1.54, 1.807) is 13.8 Å². The van der Waals surface area contributed by atoms with Crippen LogP contribution in [0, 0.1) is 0 Å². The van der Waals surface area contributed by atoms with Crippen LogP contribution in [0.4, 0.5) is 0 Å². The van der Waals surface area contributed by atoms with Gasteiger partial charge >= 0.3 is 0 Å². The lowest BCUT2D eigenvalue weighted by molar-refractivity contribution is -0.127. The molecule has 3 N–H and O–H groups in total. The minimum absolute atomic E-state index is 0. The molecule has 0 aromatic rings. The highest BCUT2D eigenvalue weighted by molar-refractivity contribution is 14.0. The molecule has 1 amide bonds. The molecule has 1 aliphatic heterocycles. The normalized spacial score (nSPS) is 15.9. The summed E-state index contributed by atoms with van der Waals surface area (Å²) in [5.41, 5.74) is -0.655. The summed E-state index contributed by atoms with van der Waals surface area (Å²) in [7, 11) is -3.28. The molecular formula is C15H32IN5O3S. The Morgan fingerprint density at radius 3 is 2.52 bits per heavy atom. The van der Waals surface area contributed by atoms with Crippen LogP contribution >= 0.6 is 24.0 Å². The van der Waals surface area contributed by atoms with E-state index in [-0.39, 0.29) is 29.9 Å². The van der Waals surface area contributed by atoms with E-state index in [1.165, 1.54) is 0 Å². The fraction of sp³-hybridized carbons (Fsp3) is 0.867. The zero-order chi connectivity index (χ0) is 18.2. The topological polar surface area (TPSA) is 103 Å². The van der Waals surface area contributed by atoms with Crippen LogP contribution < -0.4 is 15.4 Å². The fourth-order valence-corrected chi connectivity index (χ4v) is 3.64. The van der Waals surface area contributed by atoms with Crippen LogP contribution in [0.1, 0.15) is 40.0 Å². The van der Waals surface area contributed by atoms with Gasteiger partial charge in [-0.1, -0.05) is 0 Å². The first kappa shape index (κ1) is 24.4. The van der Waals surface area contributed by atoms with Crippen molar-refractivity contribution in [3.05, 3.63) is 0 Å². The first-order valence-corrected chi connectivity index (χ1v) is 10.3. The van der Waals surface area contributed by atoms with Crippen molar-refractivity contribution in [1.29, 1.82) is 0 Å². The SMILES string of the molecule is CCNC(=NCC(C)(C)NS(C)(=O)=O)NCCCN1CCCC1=O.I. The zero-order valence-electron chi connectivity index (χ0n) is 15.6. The van der Waals surface area contributed by atoms with E-state index >= 15 is 0 Å². The molecule has 0 aromatic heterocycles. The Bertz CT molecular complexity index is 551. The van der Waals surface area contributed by atoms with E-state index < -0.39 is 15.6 Å². The Labute approximate surface area is 168 Å². The molecule has 25 heavy (non-hydrogen) atoms. The minimum atomic E-state index is -3.28. The van der Waals surface area contributed by atoms with Gasteiger partial charge in [-0.3, -0.25) is 9.79 Å². The first-order chi connectivity index (χ1) is 11.1. The van der Waals surface area contributed by atoms with E-state index in [2.05, 4.69) is 20.3 Å². The lowest BCUT2D eigenvalue weighted by Gasteiger charge is -2.23.